The van der Waals surface area contributed by atoms with E-state index >= 15 is 0 Å². The first-order valence-corrected chi connectivity index (χ1v) is 10.9. The highest BCUT2D eigenvalue weighted by Gasteiger charge is 2.16. The molecule has 0 N–H and O–H groups in total. The summed E-state index contributed by atoms with van der Waals surface area (Å²) >= 11 is 7.98. The third-order valence-electron chi connectivity index (χ3n) is 3.94. The smallest absolute Gasteiger partial charge is 0.306 e. The first-order chi connectivity index (χ1) is 13.6. The van der Waals surface area contributed by atoms with Crippen molar-refractivity contribution in [2.45, 2.75) is 33.4 Å². The number of benzene rings is 2. The Morgan fingerprint density at radius 3 is 2.46 bits per heavy atom. The van der Waals surface area contributed by atoms with E-state index < -0.39 is 0 Å². The van der Waals surface area contributed by atoms with Crippen molar-refractivity contribution in [1.29, 1.82) is 0 Å². The number of aliphatic imine (C=N–C) groups is 1. The van der Waals surface area contributed by atoms with Crippen LogP contribution in [0.2, 0.25) is 5.02 Å². The Balaban J connectivity index is 2.17. The average molecular weight is 419 g/mol. The van der Waals surface area contributed by atoms with Gasteiger partial charge in [0.25, 0.3) is 0 Å². The Morgan fingerprint density at radius 1 is 1.07 bits per heavy atom. The van der Waals surface area contributed by atoms with Crippen LogP contribution in [0.15, 0.2) is 59.6 Å². The van der Waals surface area contributed by atoms with Crippen LogP contribution in [0.3, 0.4) is 0 Å². The molecular formula is C22H27ClN2O2S. The molecule has 0 spiro atoms. The molecule has 4 nitrogen and oxygen atoms in total. The van der Waals surface area contributed by atoms with Gasteiger partial charge in [0.1, 0.15) is 0 Å². The van der Waals surface area contributed by atoms with Gasteiger partial charge in [0.15, 0.2) is 5.17 Å². The number of hydrogen-bond acceptors (Lipinski definition) is 4. The van der Waals surface area contributed by atoms with E-state index in [0.717, 1.165) is 22.3 Å². The van der Waals surface area contributed by atoms with Gasteiger partial charge in [-0.05, 0) is 31.0 Å². The number of hydrogen-bond donors (Lipinski definition) is 0. The fraction of sp³-hybridized carbons (Fsp3) is 0.364. The summed E-state index contributed by atoms with van der Waals surface area (Å²) in [7, 11) is 0. The number of esters is 1. The minimum atomic E-state index is -0.174. The molecule has 6 heteroatoms. The van der Waals surface area contributed by atoms with E-state index in [2.05, 4.69) is 17.0 Å². The molecule has 0 amide bonds. The van der Waals surface area contributed by atoms with Gasteiger partial charge in [0.05, 0.1) is 13.0 Å². The maximum atomic E-state index is 11.7. The summed E-state index contributed by atoms with van der Waals surface area (Å²) in [4.78, 5) is 18.6. The maximum absolute atomic E-state index is 11.7. The third-order valence-corrected chi connectivity index (χ3v) is 5.36. The van der Waals surface area contributed by atoms with Crippen LogP contribution >= 0.6 is 23.4 Å². The zero-order valence-corrected chi connectivity index (χ0v) is 18.0. The highest BCUT2D eigenvalue weighted by molar-refractivity contribution is 8.13. The van der Waals surface area contributed by atoms with Crippen molar-refractivity contribution in [2.24, 2.45) is 4.99 Å². The summed E-state index contributed by atoms with van der Waals surface area (Å²) in [6, 6.07) is 18.2. The largest absolute Gasteiger partial charge is 0.466 e. The number of carbonyl (C=O) groups excluding carboxylic acids is 1. The van der Waals surface area contributed by atoms with Crippen molar-refractivity contribution >= 4 is 34.5 Å². The van der Waals surface area contributed by atoms with Crippen LogP contribution in [0.4, 0.5) is 0 Å². The second-order valence-corrected chi connectivity index (χ2v) is 7.56. The van der Waals surface area contributed by atoms with Crippen LogP contribution in [-0.2, 0) is 22.6 Å². The standard InChI is InChI=1S/C22H27ClN2O2S/c1-3-24-22(28-15-14-21(26)27-4-2)25(16-18-10-6-5-7-11-18)17-19-12-8-9-13-20(19)23/h5-13H,3-4,14-17H2,1-2H3. The van der Waals surface area contributed by atoms with E-state index in [4.69, 9.17) is 21.3 Å². The number of rotatable bonds is 9. The molecule has 0 saturated carbocycles. The van der Waals surface area contributed by atoms with E-state index in [-0.39, 0.29) is 5.97 Å². The molecule has 0 bridgehead atoms. The lowest BCUT2D eigenvalue weighted by Gasteiger charge is -2.26. The zero-order valence-electron chi connectivity index (χ0n) is 16.4. The summed E-state index contributed by atoms with van der Waals surface area (Å²) in [5.74, 6) is 0.456. The summed E-state index contributed by atoms with van der Waals surface area (Å²) in [6.07, 6.45) is 0.368. The van der Waals surface area contributed by atoms with Crippen LogP contribution in [0, 0.1) is 0 Å². The number of nitrogens with zero attached hydrogens (tertiary/aromatic N) is 2. The van der Waals surface area contributed by atoms with Gasteiger partial charge in [0, 0.05) is 30.4 Å². The van der Waals surface area contributed by atoms with E-state index in [1.54, 1.807) is 11.8 Å². The number of carbonyl (C=O) groups is 1. The van der Waals surface area contributed by atoms with Gasteiger partial charge in [-0.2, -0.15) is 0 Å². The minimum absolute atomic E-state index is 0.174. The molecule has 0 aromatic heterocycles. The lowest BCUT2D eigenvalue weighted by Crippen LogP contribution is -2.29. The van der Waals surface area contributed by atoms with Gasteiger partial charge in [0.2, 0.25) is 0 Å². The Hall–Kier alpha value is -1.98. The molecule has 0 atom stereocenters. The van der Waals surface area contributed by atoms with Crippen molar-refractivity contribution in [3.8, 4) is 0 Å². The molecule has 0 fully saturated rings. The molecule has 0 aliphatic rings. The lowest BCUT2D eigenvalue weighted by atomic mass is 10.2. The topological polar surface area (TPSA) is 41.9 Å². The molecular weight excluding hydrogens is 392 g/mol. The highest BCUT2D eigenvalue weighted by Crippen LogP contribution is 2.22. The zero-order chi connectivity index (χ0) is 20.2. The molecule has 0 saturated heterocycles. The normalized spacial score (nSPS) is 11.3. The molecule has 0 aliphatic carbocycles. The summed E-state index contributed by atoms with van der Waals surface area (Å²) < 4.78 is 5.03. The maximum Gasteiger partial charge on any atom is 0.306 e. The van der Waals surface area contributed by atoms with Crippen molar-refractivity contribution < 1.29 is 9.53 Å². The predicted octanol–water partition coefficient (Wildman–Crippen LogP) is 5.40. The fourth-order valence-electron chi connectivity index (χ4n) is 2.66. The quantitative estimate of drug-likeness (QED) is 0.310. The number of ether oxygens (including phenoxy) is 1. The van der Waals surface area contributed by atoms with Crippen molar-refractivity contribution in [3.05, 3.63) is 70.7 Å². The highest BCUT2D eigenvalue weighted by atomic mass is 35.5. The van der Waals surface area contributed by atoms with Gasteiger partial charge in [-0.1, -0.05) is 71.9 Å². The van der Waals surface area contributed by atoms with Gasteiger partial charge in [-0.25, -0.2) is 0 Å². The average Bonchev–Trinajstić information content (AvgIpc) is 2.69. The van der Waals surface area contributed by atoms with Crippen LogP contribution < -0.4 is 0 Å². The van der Waals surface area contributed by atoms with Crippen molar-refractivity contribution in [2.75, 3.05) is 18.9 Å². The molecule has 0 radical (unpaired) electrons. The Labute approximate surface area is 176 Å². The number of halogens is 1. The first-order valence-electron chi connectivity index (χ1n) is 9.49. The van der Waals surface area contributed by atoms with E-state index in [1.807, 2.05) is 56.3 Å². The van der Waals surface area contributed by atoms with Gasteiger partial charge >= 0.3 is 5.97 Å². The monoisotopic (exact) mass is 418 g/mol. The second-order valence-electron chi connectivity index (χ2n) is 6.09. The molecule has 150 valence electrons. The lowest BCUT2D eigenvalue weighted by molar-refractivity contribution is -0.142. The fourth-order valence-corrected chi connectivity index (χ4v) is 3.84. The van der Waals surface area contributed by atoms with Crippen LogP contribution in [-0.4, -0.2) is 34.9 Å². The van der Waals surface area contributed by atoms with Crippen LogP contribution in [0.1, 0.15) is 31.4 Å². The molecule has 2 aromatic rings. The molecule has 0 aliphatic heterocycles. The van der Waals surface area contributed by atoms with Gasteiger partial charge in [-0.3, -0.25) is 9.79 Å². The summed E-state index contributed by atoms with van der Waals surface area (Å²) in [5.41, 5.74) is 2.25. The molecule has 0 unspecified atom stereocenters. The van der Waals surface area contributed by atoms with E-state index in [1.165, 1.54) is 5.56 Å². The minimum Gasteiger partial charge on any atom is -0.466 e. The third kappa shape index (κ3) is 7.56. The SMILES string of the molecule is CCN=C(SCCC(=O)OCC)N(Cc1ccccc1)Cc1ccccc1Cl. The Morgan fingerprint density at radius 2 is 1.79 bits per heavy atom. The summed E-state index contributed by atoms with van der Waals surface area (Å²) in [6.45, 7) is 6.29. The van der Waals surface area contributed by atoms with Gasteiger partial charge < -0.3 is 9.64 Å². The van der Waals surface area contributed by atoms with Crippen LogP contribution in [0.25, 0.3) is 0 Å². The van der Waals surface area contributed by atoms with E-state index in [0.29, 0.717) is 31.9 Å². The molecule has 2 rings (SSSR count). The number of amidine groups is 1. The second kappa shape index (κ2) is 12.5. The molecule has 28 heavy (non-hydrogen) atoms. The van der Waals surface area contributed by atoms with E-state index in [9.17, 15) is 4.79 Å². The first kappa shape index (κ1) is 22.3. The summed E-state index contributed by atoms with van der Waals surface area (Å²) in [5, 5.41) is 1.66. The van der Waals surface area contributed by atoms with Gasteiger partial charge in [-0.15, -0.1) is 0 Å². The molecule has 0 heterocycles. The predicted molar refractivity (Wildman–Crippen MR) is 119 cm³/mol. The van der Waals surface area contributed by atoms with Crippen molar-refractivity contribution in [3.63, 3.8) is 0 Å². The van der Waals surface area contributed by atoms with Crippen molar-refractivity contribution in [1.82, 2.24) is 4.90 Å². The Bertz CT molecular complexity index is 768. The molecule has 2 aromatic carbocycles. The Kier molecular flexibility index (Phi) is 9.94. The number of thioether (sulfide) groups is 1. The van der Waals surface area contributed by atoms with Crippen LogP contribution in [0.5, 0.6) is 0 Å².